The van der Waals surface area contributed by atoms with Crippen LogP contribution in [-0.4, -0.2) is 18.6 Å². The zero-order valence-corrected chi connectivity index (χ0v) is 9.98. The molecule has 2 heteroatoms. The van der Waals surface area contributed by atoms with Crippen LogP contribution in [0.3, 0.4) is 0 Å². The second-order valence-electron chi connectivity index (χ2n) is 4.10. The molecule has 0 aliphatic carbocycles. The number of hydrogen-bond donors (Lipinski definition) is 2. The zero-order chi connectivity index (χ0) is 12.0. The van der Waals surface area contributed by atoms with Crippen molar-refractivity contribution in [2.24, 2.45) is 5.73 Å². The van der Waals surface area contributed by atoms with Crippen LogP contribution in [-0.2, 0) is 0 Å². The molecule has 1 aromatic carbocycles. The molecule has 1 aromatic rings. The molecule has 0 aliphatic heterocycles. The van der Waals surface area contributed by atoms with Gasteiger partial charge in [0.25, 0.3) is 0 Å². The van der Waals surface area contributed by atoms with Crippen molar-refractivity contribution in [2.75, 3.05) is 6.54 Å². The molecule has 1 rings (SSSR count). The van der Waals surface area contributed by atoms with E-state index < -0.39 is 0 Å². The summed E-state index contributed by atoms with van der Waals surface area (Å²) < 4.78 is 0. The molecule has 3 N–H and O–H groups in total. The van der Waals surface area contributed by atoms with Gasteiger partial charge in [-0.1, -0.05) is 43.2 Å². The van der Waals surface area contributed by atoms with E-state index in [1.165, 1.54) is 5.56 Å². The number of hydrogen-bond acceptors (Lipinski definition) is 2. The highest BCUT2D eigenvalue weighted by Crippen LogP contribution is 2.18. The SMILES string of the molecule is C#CC(C)NC(CN)C(C)c1ccccc1. The molecule has 86 valence electrons. The van der Waals surface area contributed by atoms with E-state index in [2.05, 4.69) is 30.3 Å². The van der Waals surface area contributed by atoms with Crippen molar-refractivity contribution in [1.82, 2.24) is 5.32 Å². The summed E-state index contributed by atoms with van der Waals surface area (Å²) in [6.07, 6.45) is 5.36. The van der Waals surface area contributed by atoms with Gasteiger partial charge in [0.1, 0.15) is 0 Å². The minimum Gasteiger partial charge on any atom is -0.329 e. The third kappa shape index (κ3) is 3.37. The molecule has 0 fully saturated rings. The predicted octanol–water partition coefficient (Wildman–Crippen LogP) is 1.73. The Morgan fingerprint density at radius 1 is 1.31 bits per heavy atom. The van der Waals surface area contributed by atoms with Crippen molar-refractivity contribution in [2.45, 2.75) is 31.8 Å². The fourth-order valence-electron chi connectivity index (χ4n) is 1.77. The van der Waals surface area contributed by atoms with Crippen LogP contribution in [0.2, 0.25) is 0 Å². The van der Waals surface area contributed by atoms with Gasteiger partial charge < -0.3 is 5.73 Å². The predicted molar refractivity (Wildman–Crippen MR) is 69.1 cm³/mol. The lowest BCUT2D eigenvalue weighted by atomic mass is 9.93. The van der Waals surface area contributed by atoms with Gasteiger partial charge in [0.15, 0.2) is 0 Å². The van der Waals surface area contributed by atoms with Gasteiger partial charge in [-0.05, 0) is 18.4 Å². The number of terminal acetylenes is 1. The van der Waals surface area contributed by atoms with Gasteiger partial charge in [-0.2, -0.15) is 0 Å². The maximum atomic E-state index is 5.78. The van der Waals surface area contributed by atoms with E-state index in [1.807, 2.05) is 25.1 Å². The van der Waals surface area contributed by atoms with E-state index in [1.54, 1.807) is 0 Å². The Balaban J connectivity index is 2.70. The third-order valence-corrected chi connectivity index (χ3v) is 2.90. The Labute approximate surface area is 98.2 Å². The molecule has 3 atom stereocenters. The lowest BCUT2D eigenvalue weighted by Crippen LogP contribution is -2.44. The quantitative estimate of drug-likeness (QED) is 0.736. The normalized spacial score (nSPS) is 16.1. The number of nitrogens with two attached hydrogens (primary N) is 1. The van der Waals surface area contributed by atoms with E-state index in [0.29, 0.717) is 12.5 Å². The standard InChI is InChI=1S/C14H20N2/c1-4-11(2)16-14(10-15)12(3)13-8-6-5-7-9-13/h1,5-9,11-12,14,16H,10,15H2,2-3H3. The molecule has 0 amide bonds. The summed E-state index contributed by atoms with van der Waals surface area (Å²) in [6, 6.07) is 10.6. The van der Waals surface area contributed by atoms with Crippen LogP contribution in [0.1, 0.15) is 25.3 Å². The number of benzene rings is 1. The first kappa shape index (κ1) is 12.8. The maximum Gasteiger partial charge on any atom is 0.0661 e. The molecule has 2 nitrogen and oxygen atoms in total. The lowest BCUT2D eigenvalue weighted by Gasteiger charge is -2.25. The summed E-state index contributed by atoms with van der Waals surface area (Å²) in [5.74, 6) is 3.03. The third-order valence-electron chi connectivity index (χ3n) is 2.90. The monoisotopic (exact) mass is 216 g/mol. The first-order valence-corrected chi connectivity index (χ1v) is 5.66. The maximum absolute atomic E-state index is 5.78. The number of nitrogens with one attached hydrogen (secondary N) is 1. The Morgan fingerprint density at radius 3 is 2.44 bits per heavy atom. The average Bonchev–Trinajstić information content (AvgIpc) is 2.35. The highest BCUT2D eigenvalue weighted by molar-refractivity contribution is 5.21. The minimum absolute atomic E-state index is 0.0553. The zero-order valence-electron chi connectivity index (χ0n) is 9.98. The van der Waals surface area contributed by atoms with Crippen molar-refractivity contribution >= 4 is 0 Å². The fraction of sp³-hybridized carbons (Fsp3) is 0.429. The molecule has 0 bridgehead atoms. The van der Waals surface area contributed by atoms with Crippen LogP contribution in [0.15, 0.2) is 30.3 Å². The van der Waals surface area contributed by atoms with Gasteiger partial charge in [0, 0.05) is 12.6 Å². The van der Waals surface area contributed by atoms with Gasteiger partial charge in [0.2, 0.25) is 0 Å². The first-order chi connectivity index (χ1) is 7.69. The van der Waals surface area contributed by atoms with Crippen LogP contribution in [0.5, 0.6) is 0 Å². The van der Waals surface area contributed by atoms with Gasteiger partial charge in [-0.15, -0.1) is 6.42 Å². The summed E-state index contributed by atoms with van der Waals surface area (Å²) >= 11 is 0. The first-order valence-electron chi connectivity index (χ1n) is 5.66. The summed E-state index contributed by atoms with van der Waals surface area (Å²) in [7, 11) is 0. The smallest absolute Gasteiger partial charge is 0.0661 e. The molecule has 0 aliphatic rings. The highest BCUT2D eigenvalue weighted by Gasteiger charge is 2.18. The van der Waals surface area contributed by atoms with E-state index in [-0.39, 0.29) is 12.1 Å². The molecule has 0 aromatic heterocycles. The summed E-state index contributed by atoms with van der Waals surface area (Å²) in [5, 5.41) is 3.35. The minimum atomic E-state index is 0.0553. The van der Waals surface area contributed by atoms with Gasteiger partial charge in [-0.25, -0.2) is 0 Å². The molecule has 3 unspecified atom stereocenters. The van der Waals surface area contributed by atoms with Crippen LogP contribution in [0.25, 0.3) is 0 Å². The molecule has 0 saturated carbocycles. The fourth-order valence-corrected chi connectivity index (χ4v) is 1.77. The van der Waals surface area contributed by atoms with E-state index >= 15 is 0 Å². The van der Waals surface area contributed by atoms with Crippen molar-refractivity contribution in [3.63, 3.8) is 0 Å². The summed E-state index contributed by atoms with van der Waals surface area (Å²) in [5.41, 5.74) is 7.07. The van der Waals surface area contributed by atoms with Crippen LogP contribution < -0.4 is 11.1 Å². The highest BCUT2D eigenvalue weighted by atomic mass is 15.0. The second-order valence-corrected chi connectivity index (χ2v) is 4.10. The molecule has 0 heterocycles. The van der Waals surface area contributed by atoms with E-state index in [0.717, 1.165) is 0 Å². The van der Waals surface area contributed by atoms with Crippen molar-refractivity contribution < 1.29 is 0 Å². The van der Waals surface area contributed by atoms with Gasteiger partial charge in [0.05, 0.1) is 6.04 Å². The Kier molecular flexibility index (Phi) is 5.04. The average molecular weight is 216 g/mol. The molecule has 16 heavy (non-hydrogen) atoms. The van der Waals surface area contributed by atoms with E-state index in [4.69, 9.17) is 12.2 Å². The summed E-state index contributed by atoms with van der Waals surface area (Å²) in [6.45, 7) is 4.73. The van der Waals surface area contributed by atoms with Crippen molar-refractivity contribution in [3.05, 3.63) is 35.9 Å². The van der Waals surface area contributed by atoms with Gasteiger partial charge >= 0.3 is 0 Å². The molecule has 0 radical (unpaired) electrons. The Hall–Kier alpha value is -1.30. The second kappa shape index (κ2) is 6.32. The molecular formula is C14H20N2. The van der Waals surface area contributed by atoms with Crippen molar-refractivity contribution in [3.8, 4) is 12.3 Å². The van der Waals surface area contributed by atoms with Crippen LogP contribution >= 0.6 is 0 Å². The molecule has 0 spiro atoms. The van der Waals surface area contributed by atoms with Crippen LogP contribution in [0, 0.1) is 12.3 Å². The van der Waals surface area contributed by atoms with E-state index in [9.17, 15) is 0 Å². The van der Waals surface area contributed by atoms with Crippen LogP contribution in [0.4, 0.5) is 0 Å². The molecule has 0 saturated heterocycles. The lowest BCUT2D eigenvalue weighted by molar-refractivity contribution is 0.441. The Morgan fingerprint density at radius 2 is 1.94 bits per heavy atom. The summed E-state index contributed by atoms with van der Waals surface area (Å²) in [4.78, 5) is 0. The molecular weight excluding hydrogens is 196 g/mol. The van der Waals surface area contributed by atoms with Gasteiger partial charge in [-0.3, -0.25) is 5.32 Å². The number of rotatable bonds is 5. The largest absolute Gasteiger partial charge is 0.329 e. The van der Waals surface area contributed by atoms with Crippen molar-refractivity contribution in [1.29, 1.82) is 0 Å². The Bertz CT molecular complexity index is 340. The topological polar surface area (TPSA) is 38.0 Å².